The molecule has 0 heterocycles. The number of benzene rings is 3. The van der Waals surface area contributed by atoms with Crippen LogP contribution in [0.1, 0.15) is 56.5 Å². The summed E-state index contributed by atoms with van der Waals surface area (Å²) in [6.07, 6.45) is 0. The molecule has 37 heavy (non-hydrogen) atoms. The Balaban J connectivity index is 2.07. The van der Waals surface area contributed by atoms with Crippen LogP contribution < -0.4 is 14.4 Å². The zero-order chi connectivity index (χ0) is 27.3. The Morgan fingerprint density at radius 2 is 1.59 bits per heavy atom. The fourth-order valence-electron chi connectivity index (χ4n) is 3.92. The highest BCUT2D eigenvalue weighted by Crippen LogP contribution is 2.43. The van der Waals surface area contributed by atoms with E-state index in [0.29, 0.717) is 31.7 Å². The number of rotatable bonds is 9. The Bertz CT molecular complexity index is 1250. The van der Waals surface area contributed by atoms with Gasteiger partial charge in [-0.05, 0) is 101 Å². The van der Waals surface area contributed by atoms with Crippen molar-refractivity contribution in [2.75, 3.05) is 18.6 Å². The van der Waals surface area contributed by atoms with E-state index in [1.165, 1.54) is 4.90 Å². The van der Waals surface area contributed by atoms with E-state index in [1.807, 2.05) is 24.3 Å². The van der Waals surface area contributed by atoms with E-state index in [2.05, 4.69) is 45.7 Å². The van der Waals surface area contributed by atoms with Gasteiger partial charge in [0.1, 0.15) is 17.0 Å². The lowest BCUT2D eigenvalue weighted by molar-refractivity contribution is -0.148. The van der Waals surface area contributed by atoms with Crippen molar-refractivity contribution in [2.45, 2.75) is 46.1 Å². The SMILES string of the molecule is CCOC(=O)C(C)(C)N(C(=O)c1ccccc1)c1cc(Br)c(Oc2ccc(OC)c(C(C)C)c2)c(Br)c1. The molecular weight excluding hydrogens is 602 g/mol. The van der Waals surface area contributed by atoms with Crippen molar-refractivity contribution in [3.8, 4) is 17.2 Å². The van der Waals surface area contributed by atoms with E-state index in [-0.39, 0.29) is 18.4 Å². The summed E-state index contributed by atoms with van der Waals surface area (Å²) in [5, 5.41) is 0. The largest absolute Gasteiger partial charge is 0.496 e. The monoisotopic (exact) mass is 631 g/mol. The molecule has 3 aromatic rings. The number of anilines is 1. The summed E-state index contributed by atoms with van der Waals surface area (Å²) >= 11 is 7.21. The van der Waals surface area contributed by atoms with E-state index >= 15 is 0 Å². The van der Waals surface area contributed by atoms with Crippen LogP contribution in [-0.2, 0) is 9.53 Å². The third-order valence-corrected chi connectivity index (χ3v) is 7.02. The van der Waals surface area contributed by atoms with Crippen LogP contribution in [0.2, 0.25) is 0 Å². The lowest BCUT2D eigenvalue weighted by atomic mass is 9.99. The van der Waals surface area contributed by atoms with Gasteiger partial charge in [0.2, 0.25) is 0 Å². The first kappa shape index (κ1) is 28.7. The van der Waals surface area contributed by atoms with Crippen LogP contribution >= 0.6 is 31.9 Å². The molecule has 0 saturated carbocycles. The van der Waals surface area contributed by atoms with Gasteiger partial charge in [-0.15, -0.1) is 0 Å². The van der Waals surface area contributed by atoms with Gasteiger partial charge in [-0.1, -0.05) is 32.0 Å². The zero-order valence-electron chi connectivity index (χ0n) is 21.8. The van der Waals surface area contributed by atoms with Crippen molar-refractivity contribution in [3.63, 3.8) is 0 Å². The van der Waals surface area contributed by atoms with Crippen LogP contribution in [0.5, 0.6) is 17.2 Å². The smallest absolute Gasteiger partial charge is 0.331 e. The minimum atomic E-state index is -1.29. The summed E-state index contributed by atoms with van der Waals surface area (Å²) in [6, 6.07) is 18.0. The summed E-state index contributed by atoms with van der Waals surface area (Å²) in [5.74, 6) is 1.38. The lowest BCUT2D eigenvalue weighted by Gasteiger charge is -2.37. The molecule has 196 valence electrons. The first-order chi connectivity index (χ1) is 17.5. The van der Waals surface area contributed by atoms with Gasteiger partial charge < -0.3 is 14.2 Å². The predicted octanol–water partition coefficient (Wildman–Crippen LogP) is 8.12. The Labute approximate surface area is 235 Å². The molecule has 8 heteroatoms. The molecule has 3 rings (SSSR count). The number of amides is 1. The molecule has 0 fully saturated rings. The van der Waals surface area contributed by atoms with E-state index in [9.17, 15) is 9.59 Å². The van der Waals surface area contributed by atoms with Crippen molar-refractivity contribution in [3.05, 3.63) is 80.7 Å². The number of carbonyl (C=O) groups is 2. The maximum Gasteiger partial charge on any atom is 0.331 e. The maximum atomic E-state index is 13.7. The van der Waals surface area contributed by atoms with Crippen molar-refractivity contribution >= 4 is 49.4 Å². The molecule has 0 atom stereocenters. The van der Waals surface area contributed by atoms with Gasteiger partial charge in [-0.25, -0.2) is 4.79 Å². The Hall–Kier alpha value is -2.84. The fraction of sp³-hybridized carbons (Fsp3) is 0.310. The summed E-state index contributed by atoms with van der Waals surface area (Å²) in [7, 11) is 1.65. The van der Waals surface area contributed by atoms with Crippen LogP contribution in [0.25, 0.3) is 0 Å². The average molecular weight is 633 g/mol. The Morgan fingerprint density at radius 1 is 0.973 bits per heavy atom. The van der Waals surface area contributed by atoms with Crippen molar-refractivity contribution in [1.29, 1.82) is 0 Å². The van der Waals surface area contributed by atoms with Crippen LogP contribution in [-0.4, -0.2) is 31.1 Å². The van der Waals surface area contributed by atoms with Gasteiger partial charge in [0, 0.05) is 16.8 Å². The number of nitrogens with zero attached hydrogens (tertiary/aromatic N) is 1. The molecule has 6 nitrogen and oxygen atoms in total. The highest BCUT2D eigenvalue weighted by molar-refractivity contribution is 9.11. The molecule has 1 amide bonds. The van der Waals surface area contributed by atoms with Crippen LogP contribution in [0.15, 0.2) is 69.6 Å². The van der Waals surface area contributed by atoms with Crippen LogP contribution in [0.3, 0.4) is 0 Å². The van der Waals surface area contributed by atoms with Crippen molar-refractivity contribution < 1.29 is 23.8 Å². The fourth-order valence-corrected chi connectivity index (χ4v) is 5.24. The van der Waals surface area contributed by atoms with Gasteiger partial charge >= 0.3 is 5.97 Å². The number of hydrogen-bond acceptors (Lipinski definition) is 5. The third kappa shape index (κ3) is 6.36. The van der Waals surface area contributed by atoms with Gasteiger partial charge in [-0.2, -0.15) is 0 Å². The predicted molar refractivity (Wildman–Crippen MR) is 153 cm³/mol. The first-order valence-electron chi connectivity index (χ1n) is 11.9. The minimum absolute atomic E-state index is 0.204. The first-order valence-corrected chi connectivity index (χ1v) is 13.5. The molecule has 3 aromatic carbocycles. The summed E-state index contributed by atoms with van der Waals surface area (Å²) in [5.41, 5.74) is 0.689. The number of esters is 1. The van der Waals surface area contributed by atoms with E-state index in [1.54, 1.807) is 64.3 Å². The van der Waals surface area contributed by atoms with Crippen LogP contribution in [0, 0.1) is 0 Å². The second-order valence-corrected chi connectivity index (χ2v) is 10.9. The van der Waals surface area contributed by atoms with Gasteiger partial charge in [0.05, 0.1) is 22.7 Å². The average Bonchev–Trinajstić information content (AvgIpc) is 2.86. The Morgan fingerprint density at radius 3 is 2.14 bits per heavy atom. The molecular formula is C29H31Br2NO5. The third-order valence-electron chi connectivity index (χ3n) is 5.84. The number of carbonyl (C=O) groups excluding carboxylic acids is 2. The standard InChI is InChI=1S/C29H31Br2NO5/c1-7-36-28(34)29(4,5)32(27(33)19-11-9-8-10-12-19)20-15-23(30)26(24(31)16-20)37-21-13-14-25(35-6)22(17-21)18(2)3/h8-18H,7H2,1-6H3. The number of halogens is 2. The summed E-state index contributed by atoms with van der Waals surface area (Å²) in [4.78, 5) is 28.1. The molecule has 0 unspecified atom stereocenters. The zero-order valence-corrected chi connectivity index (χ0v) is 25.0. The molecule has 0 N–H and O–H groups in total. The molecule has 0 aliphatic heterocycles. The maximum absolute atomic E-state index is 13.7. The highest BCUT2D eigenvalue weighted by atomic mass is 79.9. The van der Waals surface area contributed by atoms with Crippen molar-refractivity contribution in [2.24, 2.45) is 0 Å². The second-order valence-electron chi connectivity index (χ2n) is 9.19. The number of methoxy groups -OCH3 is 1. The molecule has 0 bridgehead atoms. The molecule has 0 aliphatic carbocycles. The topological polar surface area (TPSA) is 65.1 Å². The molecule has 0 saturated heterocycles. The molecule has 0 aliphatic rings. The summed E-state index contributed by atoms with van der Waals surface area (Å²) < 4.78 is 18.2. The molecule has 0 spiro atoms. The Kier molecular flexibility index (Phi) is 9.42. The van der Waals surface area contributed by atoms with Gasteiger partial charge in [0.15, 0.2) is 5.75 Å². The van der Waals surface area contributed by atoms with E-state index in [4.69, 9.17) is 14.2 Å². The lowest BCUT2D eigenvalue weighted by Crippen LogP contribution is -2.54. The normalized spacial score (nSPS) is 11.3. The van der Waals surface area contributed by atoms with E-state index in [0.717, 1.165) is 11.3 Å². The van der Waals surface area contributed by atoms with Crippen LogP contribution in [0.4, 0.5) is 5.69 Å². The number of hydrogen-bond donors (Lipinski definition) is 0. The van der Waals surface area contributed by atoms with Gasteiger partial charge in [0.25, 0.3) is 5.91 Å². The summed E-state index contributed by atoms with van der Waals surface area (Å²) in [6.45, 7) is 9.46. The highest BCUT2D eigenvalue weighted by Gasteiger charge is 2.41. The van der Waals surface area contributed by atoms with E-state index < -0.39 is 11.5 Å². The quantitative estimate of drug-likeness (QED) is 0.223. The van der Waals surface area contributed by atoms with Crippen molar-refractivity contribution in [1.82, 2.24) is 0 Å². The minimum Gasteiger partial charge on any atom is -0.496 e. The second kappa shape index (κ2) is 12.1. The van der Waals surface area contributed by atoms with Gasteiger partial charge in [-0.3, -0.25) is 9.69 Å². The number of ether oxygens (including phenoxy) is 3. The molecule has 0 radical (unpaired) electrons. The molecule has 0 aromatic heterocycles.